The largest absolute Gasteiger partial charge is 0.317 e. The zero-order valence-corrected chi connectivity index (χ0v) is 12.8. The lowest BCUT2D eigenvalue weighted by atomic mass is 9.93. The summed E-state index contributed by atoms with van der Waals surface area (Å²) in [5, 5.41) is 7.74. The fourth-order valence-corrected chi connectivity index (χ4v) is 2.53. The van der Waals surface area contributed by atoms with Gasteiger partial charge in [-0.15, -0.1) is 0 Å². The van der Waals surface area contributed by atoms with Crippen LogP contribution < -0.4 is 5.32 Å². The number of hydrogen-bond acceptors (Lipinski definition) is 2. The number of nitrogens with zero attached hydrogens (tertiary/aromatic N) is 2. The van der Waals surface area contributed by atoms with E-state index in [2.05, 4.69) is 54.7 Å². The van der Waals surface area contributed by atoms with Gasteiger partial charge in [0.05, 0.1) is 6.20 Å². The molecule has 3 nitrogen and oxygen atoms in total. The van der Waals surface area contributed by atoms with Crippen LogP contribution >= 0.6 is 0 Å². The molecule has 0 saturated heterocycles. The highest BCUT2D eigenvalue weighted by atomic mass is 15.2. The molecule has 0 aliphatic carbocycles. The van der Waals surface area contributed by atoms with Gasteiger partial charge in [0, 0.05) is 13.2 Å². The Morgan fingerprint density at radius 1 is 1.15 bits per heavy atom. The van der Waals surface area contributed by atoms with Crippen LogP contribution in [-0.4, -0.2) is 22.9 Å². The van der Waals surface area contributed by atoms with Crippen molar-refractivity contribution in [2.24, 2.45) is 13.0 Å². The third-order valence-electron chi connectivity index (χ3n) is 3.61. The number of benzene rings is 1. The molecular weight excluding hydrogens is 246 g/mol. The SMILES string of the molecule is CCNCC(Cc1ccc(C)cc1)Cc1cnn(C)c1. The monoisotopic (exact) mass is 271 g/mol. The van der Waals surface area contributed by atoms with Gasteiger partial charge in [-0.2, -0.15) is 5.10 Å². The highest BCUT2D eigenvalue weighted by Gasteiger charge is 2.11. The minimum atomic E-state index is 0.613. The van der Waals surface area contributed by atoms with Crippen LogP contribution in [-0.2, 0) is 19.9 Å². The van der Waals surface area contributed by atoms with Crippen molar-refractivity contribution in [1.82, 2.24) is 15.1 Å². The maximum atomic E-state index is 4.26. The quantitative estimate of drug-likeness (QED) is 0.839. The predicted octanol–water partition coefficient (Wildman–Crippen LogP) is 2.74. The maximum Gasteiger partial charge on any atom is 0.0521 e. The topological polar surface area (TPSA) is 29.9 Å². The Balaban J connectivity index is 2.00. The fraction of sp³-hybridized carbons (Fsp3) is 0.471. The van der Waals surface area contributed by atoms with E-state index >= 15 is 0 Å². The second kappa shape index (κ2) is 7.25. The number of hydrogen-bond donors (Lipinski definition) is 1. The van der Waals surface area contributed by atoms with Gasteiger partial charge in [-0.25, -0.2) is 0 Å². The predicted molar refractivity (Wildman–Crippen MR) is 83.8 cm³/mol. The van der Waals surface area contributed by atoms with Crippen LogP contribution in [0.2, 0.25) is 0 Å². The molecule has 0 aliphatic heterocycles. The van der Waals surface area contributed by atoms with Gasteiger partial charge < -0.3 is 5.32 Å². The zero-order valence-electron chi connectivity index (χ0n) is 12.8. The minimum absolute atomic E-state index is 0.613. The van der Waals surface area contributed by atoms with Crippen LogP contribution in [0.4, 0.5) is 0 Å². The highest BCUT2D eigenvalue weighted by molar-refractivity contribution is 5.22. The molecule has 2 aromatic rings. The van der Waals surface area contributed by atoms with Gasteiger partial charge in [0.1, 0.15) is 0 Å². The molecule has 1 unspecified atom stereocenters. The third kappa shape index (κ3) is 4.49. The molecular formula is C17H25N3. The van der Waals surface area contributed by atoms with Gasteiger partial charge >= 0.3 is 0 Å². The van der Waals surface area contributed by atoms with Gasteiger partial charge in [0.25, 0.3) is 0 Å². The first-order chi connectivity index (χ1) is 9.67. The molecule has 0 amide bonds. The maximum absolute atomic E-state index is 4.26. The lowest BCUT2D eigenvalue weighted by Gasteiger charge is -2.17. The Morgan fingerprint density at radius 3 is 2.45 bits per heavy atom. The third-order valence-corrected chi connectivity index (χ3v) is 3.61. The average Bonchev–Trinajstić information content (AvgIpc) is 2.84. The summed E-state index contributed by atoms with van der Waals surface area (Å²) in [6.07, 6.45) is 6.29. The molecule has 1 aromatic carbocycles. The first-order valence-electron chi connectivity index (χ1n) is 7.41. The molecule has 0 spiro atoms. The van der Waals surface area contributed by atoms with Gasteiger partial charge in [0.15, 0.2) is 0 Å². The Bertz CT molecular complexity index is 513. The Kier molecular flexibility index (Phi) is 5.36. The summed E-state index contributed by atoms with van der Waals surface area (Å²) in [4.78, 5) is 0. The molecule has 0 bridgehead atoms. The van der Waals surface area contributed by atoms with E-state index in [1.807, 2.05) is 17.9 Å². The van der Waals surface area contributed by atoms with Crippen molar-refractivity contribution in [3.05, 3.63) is 53.3 Å². The lowest BCUT2D eigenvalue weighted by molar-refractivity contribution is 0.478. The molecule has 0 radical (unpaired) electrons. The van der Waals surface area contributed by atoms with Gasteiger partial charge in [-0.3, -0.25) is 4.68 Å². The summed E-state index contributed by atoms with van der Waals surface area (Å²) in [6.45, 7) is 6.37. The van der Waals surface area contributed by atoms with E-state index in [1.165, 1.54) is 16.7 Å². The highest BCUT2D eigenvalue weighted by Crippen LogP contribution is 2.15. The second-order valence-electron chi connectivity index (χ2n) is 5.59. The first-order valence-corrected chi connectivity index (χ1v) is 7.41. The van der Waals surface area contributed by atoms with Crippen molar-refractivity contribution < 1.29 is 0 Å². The second-order valence-corrected chi connectivity index (χ2v) is 5.59. The van der Waals surface area contributed by atoms with Crippen molar-refractivity contribution in [3.63, 3.8) is 0 Å². The van der Waals surface area contributed by atoms with E-state index in [1.54, 1.807) is 0 Å². The van der Waals surface area contributed by atoms with Crippen LogP contribution in [0.1, 0.15) is 23.6 Å². The summed E-state index contributed by atoms with van der Waals surface area (Å²) in [6, 6.07) is 8.89. The Morgan fingerprint density at radius 2 is 1.85 bits per heavy atom. The summed E-state index contributed by atoms with van der Waals surface area (Å²) in [5.41, 5.74) is 4.06. The number of nitrogens with one attached hydrogen (secondary N) is 1. The molecule has 0 fully saturated rings. The van der Waals surface area contributed by atoms with Gasteiger partial charge in [-0.1, -0.05) is 36.8 Å². The molecule has 2 rings (SSSR count). The fourth-order valence-electron chi connectivity index (χ4n) is 2.53. The summed E-state index contributed by atoms with van der Waals surface area (Å²) >= 11 is 0. The van der Waals surface area contributed by atoms with Crippen molar-refractivity contribution in [2.45, 2.75) is 26.7 Å². The van der Waals surface area contributed by atoms with E-state index in [0.29, 0.717) is 5.92 Å². The van der Waals surface area contributed by atoms with Crippen molar-refractivity contribution in [3.8, 4) is 0 Å². The van der Waals surface area contributed by atoms with E-state index in [9.17, 15) is 0 Å². The summed E-state index contributed by atoms with van der Waals surface area (Å²) in [5.74, 6) is 0.613. The average molecular weight is 271 g/mol. The van der Waals surface area contributed by atoms with E-state index in [-0.39, 0.29) is 0 Å². The van der Waals surface area contributed by atoms with Crippen LogP contribution in [0.15, 0.2) is 36.7 Å². The molecule has 1 N–H and O–H groups in total. The lowest BCUT2D eigenvalue weighted by Crippen LogP contribution is -2.25. The van der Waals surface area contributed by atoms with Gasteiger partial charge in [0.2, 0.25) is 0 Å². The molecule has 108 valence electrons. The number of rotatable bonds is 7. The molecule has 1 heterocycles. The smallest absolute Gasteiger partial charge is 0.0521 e. The van der Waals surface area contributed by atoms with Crippen LogP contribution in [0, 0.1) is 12.8 Å². The Hall–Kier alpha value is -1.61. The molecule has 1 aromatic heterocycles. The first kappa shape index (κ1) is 14.8. The Labute approximate surface area is 122 Å². The molecule has 0 aliphatic rings. The van der Waals surface area contributed by atoms with E-state index < -0.39 is 0 Å². The minimum Gasteiger partial charge on any atom is -0.317 e. The van der Waals surface area contributed by atoms with Crippen molar-refractivity contribution in [1.29, 1.82) is 0 Å². The van der Waals surface area contributed by atoms with Crippen LogP contribution in [0.5, 0.6) is 0 Å². The van der Waals surface area contributed by atoms with Gasteiger partial charge in [-0.05, 0) is 49.9 Å². The van der Waals surface area contributed by atoms with Crippen molar-refractivity contribution in [2.75, 3.05) is 13.1 Å². The van der Waals surface area contributed by atoms with Crippen molar-refractivity contribution >= 4 is 0 Å². The van der Waals surface area contributed by atoms with E-state index in [0.717, 1.165) is 25.9 Å². The van der Waals surface area contributed by atoms with Crippen LogP contribution in [0.3, 0.4) is 0 Å². The zero-order chi connectivity index (χ0) is 14.4. The summed E-state index contributed by atoms with van der Waals surface area (Å²) in [7, 11) is 1.97. The molecule has 0 saturated carbocycles. The number of aromatic nitrogens is 2. The molecule has 1 atom stereocenters. The molecule has 3 heteroatoms. The van der Waals surface area contributed by atoms with E-state index in [4.69, 9.17) is 0 Å². The number of aryl methyl sites for hydroxylation is 2. The van der Waals surface area contributed by atoms with Crippen LogP contribution in [0.25, 0.3) is 0 Å². The standard InChI is InChI=1S/C17H25N3/c1-4-18-11-16(10-17-12-19-20(3)13-17)9-15-7-5-14(2)6-8-15/h5-8,12-13,16,18H,4,9-11H2,1-3H3. The molecule has 20 heavy (non-hydrogen) atoms. The summed E-state index contributed by atoms with van der Waals surface area (Å²) < 4.78 is 1.88. The normalized spacial score (nSPS) is 12.6.